The first-order valence-corrected chi connectivity index (χ1v) is 9.35. The number of nitrogens with zero attached hydrogens (tertiary/aromatic N) is 4. The maximum Gasteiger partial charge on any atom is 0.254 e. The number of carbonyl (C=O) groups excluding carboxylic acids is 1. The van der Waals surface area contributed by atoms with Crippen LogP contribution in [0, 0.1) is 13.8 Å². The second kappa shape index (κ2) is 6.34. The summed E-state index contributed by atoms with van der Waals surface area (Å²) in [6, 6.07) is 12.1. The van der Waals surface area contributed by atoms with E-state index in [4.69, 9.17) is 4.52 Å². The molecule has 140 valence electrons. The fourth-order valence-corrected chi connectivity index (χ4v) is 3.97. The Morgan fingerprint density at radius 2 is 1.89 bits per heavy atom. The van der Waals surface area contributed by atoms with E-state index in [0.717, 1.165) is 45.6 Å². The van der Waals surface area contributed by atoms with Crippen molar-refractivity contribution in [1.82, 2.24) is 19.6 Å². The lowest BCUT2D eigenvalue weighted by atomic mass is 9.99. The maximum atomic E-state index is 13.0. The number of hydrogen-bond acceptors (Lipinski definition) is 4. The van der Waals surface area contributed by atoms with Gasteiger partial charge in [-0.25, -0.2) is 4.98 Å². The SMILES string of the molecule is Cc1noc(C)c1-c1ccc2cc(C(=O)N3CCn4cncc4C3)ccc2c1. The van der Waals surface area contributed by atoms with Crippen LogP contribution in [0.15, 0.2) is 53.4 Å². The molecule has 0 unspecified atom stereocenters. The van der Waals surface area contributed by atoms with Crippen LogP contribution in [-0.2, 0) is 13.1 Å². The van der Waals surface area contributed by atoms with Crippen LogP contribution in [0.4, 0.5) is 0 Å². The molecule has 0 saturated carbocycles. The number of benzene rings is 2. The molecule has 28 heavy (non-hydrogen) atoms. The van der Waals surface area contributed by atoms with Gasteiger partial charge in [-0.1, -0.05) is 23.4 Å². The van der Waals surface area contributed by atoms with Gasteiger partial charge in [-0.2, -0.15) is 0 Å². The zero-order valence-electron chi connectivity index (χ0n) is 15.8. The molecule has 0 saturated heterocycles. The molecule has 3 heterocycles. The zero-order valence-corrected chi connectivity index (χ0v) is 15.8. The van der Waals surface area contributed by atoms with E-state index < -0.39 is 0 Å². The van der Waals surface area contributed by atoms with Crippen LogP contribution in [0.1, 0.15) is 27.5 Å². The molecule has 6 nitrogen and oxygen atoms in total. The molecule has 5 rings (SSSR count). The van der Waals surface area contributed by atoms with Gasteiger partial charge in [0, 0.05) is 30.4 Å². The topological polar surface area (TPSA) is 64.2 Å². The monoisotopic (exact) mass is 372 g/mol. The van der Waals surface area contributed by atoms with E-state index >= 15 is 0 Å². The van der Waals surface area contributed by atoms with Crippen molar-refractivity contribution in [2.75, 3.05) is 6.54 Å². The van der Waals surface area contributed by atoms with E-state index in [9.17, 15) is 4.79 Å². The molecule has 0 aliphatic carbocycles. The van der Waals surface area contributed by atoms with E-state index in [1.54, 1.807) is 0 Å². The fourth-order valence-electron chi connectivity index (χ4n) is 3.97. The lowest BCUT2D eigenvalue weighted by Crippen LogP contribution is -2.37. The Bertz CT molecular complexity index is 1180. The van der Waals surface area contributed by atoms with Crippen LogP contribution < -0.4 is 0 Å². The van der Waals surface area contributed by atoms with Gasteiger partial charge in [0.25, 0.3) is 5.91 Å². The second-order valence-electron chi connectivity index (χ2n) is 7.28. The van der Waals surface area contributed by atoms with Crippen molar-refractivity contribution in [3.63, 3.8) is 0 Å². The highest BCUT2D eigenvalue weighted by molar-refractivity contribution is 5.99. The van der Waals surface area contributed by atoms with Crippen LogP contribution in [-0.4, -0.2) is 32.1 Å². The Morgan fingerprint density at radius 1 is 1.07 bits per heavy atom. The minimum absolute atomic E-state index is 0.0594. The normalized spacial score (nSPS) is 13.7. The summed E-state index contributed by atoms with van der Waals surface area (Å²) in [5.74, 6) is 0.872. The fraction of sp³-hybridized carbons (Fsp3) is 0.227. The van der Waals surface area contributed by atoms with Crippen LogP contribution >= 0.6 is 0 Å². The molecular formula is C22H20N4O2. The van der Waals surface area contributed by atoms with Gasteiger partial charge in [-0.05, 0) is 48.4 Å². The summed E-state index contributed by atoms with van der Waals surface area (Å²) in [6.45, 7) is 5.96. The molecule has 2 aromatic carbocycles. The minimum atomic E-state index is 0.0594. The molecule has 0 atom stereocenters. The number of hydrogen-bond donors (Lipinski definition) is 0. The first-order chi connectivity index (χ1) is 13.6. The van der Waals surface area contributed by atoms with Crippen LogP contribution in [0.2, 0.25) is 0 Å². The molecule has 0 radical (unpaired) electrons. The van der Waals surface area contributed by atoms with Gasteiger partial charge in [-0.3, -0.25) is 4.79 Å². The van der Waals surface area contributed by atoms with E-state index in [-0.39, 0.29) is 5.91 Å². The van der Waals surface area contributed by atoms with Crippen molar-refractivity contribution in [2.24, 2.45) is 0 Å². The number of aryl methyl sites for hydroxylation is 2. The molecule has 1 amide bonds. The van der Waals surface area contributed by atoms with E-state index in [2.05, 4.69) is 32.9 Å². The Kier molecular flexibility index (Phi) is 3.79. The summed E-state index contributed by atoms with van der Waals surface area (Å²) >= 11 is 0. The lowest BCUT2D eigenvalue weighted by molar-refractivity contribution is 0.0711. The van der Waals surface area contributed by atoms with Crippen molar-refractivity contribution in [3.8, 4) is 11.1 Å². The predicted octanol–water partition coefficient (Wildman–Crippen LogP) is 3.96. The van der Waals surface area contributed by atoms with Gasteiger partial charge in [0.15, 0.2) is 0 Å². The number of amides is 1. The van der Waals surface area contributed by atoms with Crippen molar-refractivity contribution in [2.45, 2.75) is 26.9 Å². The summed E-state index contributed by atoms with van der Waals surface area (Å²) in [5.41, 5.74) is 4.78. The number of rotatable bonds is 2. The number of carbonyl (C=O) groups is 1. The molecular weight excluding hydrogens is 352 g/mol. The average Bonchev–Trinajstić information content (AvgIpc) is 3.32. The Labute approximate surface area is 162 Å². The Hall–Kier alpha value is -3.41. The summed E-state index contributed by atoms with van der Waals surface area (Å²) < 4.78 is 7.39. The lowest BCUT2D eigenvalue weighted by Gasteiger charge is -2.28. The molecule has 0 N–H and O–H groups in total. The summed E-state index contributed by atoms with van der Waals surface area (Å²) in [4.78, 5) is 19.0. The highest BCUT2D eigenvalue weighted by atomic mass is 16.5. The second-order valence-corrected chi connectivity index (χ2v) is 7.28. The van der Waals surface area contributed by atoms with Gasteiger partial charge >= 0.3 is 0 Å². The third-order valence-corrected chi connectivity index (χ3v) is 5.46. The first-order valence-electron chi connectivity index (χ1n) is 9.35. The number of aromatic nitrogens is 3. The first kappa shape index (κ1) is 16.7. The smallest absolute Gasteiger partial charge is 0.254 e. The van der Waals surface area contributed by atoms with Gasteiger partial charge in [-0.15, -0.1) is 0 Å². The summed E-state index contributed by atoms with van der Waals surface area (Å²) in [6.07, 6.45) is 3.65. The highest BCUT2D eigenvalue weighted by Crippen LogP contribution is 2.30. The molecule has 6 heteroatoms. The van der Waals surface area contributed by atoms with Gasteiger partial charge in [0.2, 0.25) is 0 Å². The molecule has 0 bridgehead atoms. The third kappa shape index (κ3) is 2.69. The Balaban J connectivity index is 1.46. The van der Waals surface area contributed by atoms with Gasteiger partial charge in [0.1, 0.15) is 5.76 Å². The van der Waals surface area contributed by atoms with Crippen molar-refractivity contribution >= 4 is 16.7 Å². The summed E-state index contributed by atoms with van der Waals surface area (Å²) in [5, 5.41) is 6.18. The van der Waals surface area contributed by atoms with Gasteiger partial charge < -0.3 is 14.0 Å². The molecule has 0 spiro atoms. The molecule has 2 aromatic heterocycles. The number of fused-ring (bicyclic) bond motifs is 2. The zero-order chi connectivity index (χ0) is 19.3. The average molecular weight is 372 g/mol. The van der Waals surface area contributed by atoms with E-state index in [1.807, 2.05) is 49.5 Å². The van der Waals surface area contributed by atoms with Crippen LogP contribution in [0.5, 0.6) is 0 Å². The molecule has 4 aromatic rings. The molecule has 1 aliphatic rings. The third-order valence-electron chi connectivity index (χ3n) is 5.46. The Morgan fingerprint density at radius 3 is 2.71 bits per heavy atom. The number of imidazole rings is 1. The highest BCUT2D eigenvalue weighted by Gasteiger charge is 2.22. The largest absolute Gasteiger partial charge is 0.361 e. The maximum absolute atomic E-state index is 13.0. The molecule has 0 fully saturated rings. The minimum Gasteiger partial charge on any atom is -0.361 e. The predicted molar refractivity (Wildman–Crippen MR) is 106 cm³/mol. The van der Waals surface area contributed by atoms with Gasteiger partial charge in [0.05, 0.1) is 24.3 Å². The van der Waals surface area contributed by atoms with E-state index in [0.29, 0.717) is 18.7 Å². The van der Waals surface area contributed by atoms with Crippen molar-refractivity contribution in [1.29, 1.82) is 0 Å². The van der Waals surface area contributed by atoms with Crippen molar-refractivity contribution < 1.29 is 9.32 Å². The quantitative estimate of drug-likeness (QED) is 0.534. The van der Waals surface area contributed by atoms with Crippen molar-refractivity contribution in [3.05, 3.63) is 71.6 Å². The molecule has 1 aliphatic heterocycles. The van der Waals surface area contributed by atoms with Crippen LogP contribution in [0.25, 0.3) is 21.9 Å². The van der Waals surface area contributed by atoms with Crippen LogP contribution in [0.3, 0.4) is 0 Å². The van der Waals surface area contributed by atoms with E-state index in [1.165, 1.54) is 0 Å². The summed E-state index contributed by atoms with van der Waals surface area (Å²) in [7, 11) is 0. The standard InChI is InChI=1S/C22H20N4O2/c1-14-21(15(2)28-24-14)18-5-3-17-10-19(6-4-16(17)9-18)22(27)25-7-8-26-13-23-11-20(26)12-25/h3-6,9-11,13H,7-8,12H2,1-2H3.